The molecule has 0 spiro atoms. The Kier molecular flexibility index (Phi) is 1.90. The summed E-state index contributed by atoms with van der Waals surface area (Å²) >= 11 is 0. The first-order chi connectivity index (χ1) is 7.84. The predicted octanol–water partition coefficient (Wildman–Crippen LogP) is 2.96. The molecule has 78 valence electrons. The highest BCUT2D eigenvalue weighted by Crippen LogP contribution is 2.33. The lowest BCUT2D eigenvalue weighted by molar-refractivity contribution is 0.0738. The lowest BCUT2D eigenvalue weighted by Gasteiger charge is -2.05. The van der Waals surface area contributed by atoms with Crippen molar-refractivity contribution in [1.82, 2.24) is 0 Å². The fourth-order valence-electron chi connectivity index (χ4n) is 1.73. The number of nitrogens with one attached hydrogen (secondary N) is 1. The normalized spacial score (nSPS) is 12.9. The van der Waals surface area contributed by atoms with E-state index in [1.165, 1.54) is 0 Å². The standard InChI is InChI=1S/C13H9NO2/c15-13-9-5-1-2-6-10(9)14-11-7-3-4-8-12(11)16-13/h1-8,14H. The van der Waals surface area contributed by atoms with Gasteiger partial charge < -0.3 is 10.1 Å². The topological polar surface area (TPSA) is 38.3 Å². The average molecular weight is 211 g/mol. The highest BCUT2D eigenvalue weighted by molar-refractivity contribution is 6.00. The van der Waals surface area contributed by atoms with Crippen LogP contribution in [0.15, 0.2) is 48.5 Å². The van der Waals surface area contributed by atoms with Crippen LogP contribution in [-0.2, 0) is 0 Å². The molecule has 1 aliphatic rings. The van der Waals surface area contributed by atoms with Gasteiger partial charge in [0.1, 0.15) is 0 Å². The zero-order valence-corrected chi connectivity index (χ0v) is 8.44. The van der Waals surface area contributed by atoms with Gasteiger partial charge in [0.25, 0.3) is 0 Å². The summed E-state index contributed by atoms with van der Waals surface area (Å²) in [6.07, 6.45) is 0. The molecule has 1 heterocycles. The predicted molar refractivity (Wildman–Crippen MR) is 61.1 cm³/mol. The SMILES string of the molecule is O=C1Oc2ccccc2Nc2ccccc21. The van der Waals surface area contributed by atoms with E-state index in [2.05, 4.69) is 5.32 Å². The fraction of sp³-hybridized carbons (Fsp3) is 0. The Morgan fingerprint density at radius 2 is 1.56 bits per heavy atom. The van der Waals surface area contributed by atoms with Crippen molar-refractivity contribution in [2.75, 3.05) is 5.32 Å². The van der Waals surface area contributed by atoms with Gasteiger partial charge in [-0.3, -0.25) is 0 Å². The second kappa shape index (κ2) is 3.38. The minimum atomic E-state index is -0.326. The van der Waals surface area contributed by atoms with E-state index in [9.17, 15) is 4.79 Å². The Bertz CT molecular complexity index is 563. The van der Waals surface area contributed by atoms with Crippen LogP contribution in [0.1, 0.15) is 10.4 Å². The number of carbonyl (C=O) groups excluding carboxylic acids is 1. The van der Waals surface area contributed by atoms with Gasteiger partial charge >= 0.3 is 5.97 Å². The van der Waals surface area contributed by atoms with Crippen LogP contribution in [0.25, 0.3) is 0 Å². The minimum Gasteiger partial charge on any atom is -0.421 e. The van der Waals surface area contributed by atoms with E-state index >= 15 is 0 Å². The van der Waals surface area contributed by atoms with E-state index in [4.69, 9.17) is 4.74 Å². The molecule has 0 fully saturated rings. The van der Waals surface area contributed by atoms with Gasteiger partial charge in [-0.15, -0.1) is 0 Å². The van der Waals surface area contributed by atoms with Gasteiger partial charge in [0.15, 0.2) is 5.75 Å². The van der Waals surface area contributed by atoms with E-state index in [0.29, 0.717) is 11.3 Å². The van der Waals surface area contributed by atoms with Crippen molar-refractivity contribution in [2.24, 2.45) is 0 Å². The van der Waals surface area contributed by atoms with Crippen LogP contribution in [0.4, 0.5) is 11.4 Å². The second-order valence-corrected chi connectivity index (χ2v) is 3.56. The number of para-hydroxylation sites is 3. The molecule has 0 aromatic heterocycles. The lowest BCUT2D eigenvalue weighted by Crippen LogP contribution is -2.07. The Hall–Kier alpha value is -2.29. The van der Waals surface area contributed by atoms with E-state index in [-0.39, 0.29) is 5.97 Å². The first kappa shape index (κ1) is 8.97. The Morgan fingerprint density at radius 3 is 2.44 bits per heavy atom. The van der Waals surface area contributed by atoms with Crippen LogP contribution in [0, 0.1) is 0 Å². The molecule has 1 N–H and O–H groups in total. The second-order valence-electron chi connectivity index (χ2n) is 3.56. The van der Waals surface area contributed by atoms with Crippen LogP contribution >= 0.6 is 0 Å². The molecule has 0 bridgehead atoms. The zero-order chi connectivity index (χ0) is 11.0. The molecule has 3 nitrogen and oxygen atoms in total. The van der Waals surface area contributed by atoms with Gasteiger partial charge in [-0.2, -0.15) is 0 Å². The summed E-state index contributed by atoms with van der Waals surface area (Å²) in [4.78, 5) is 11.8. The summed E-state index contributed by atoms with van der Waals surface area (Å²) in [7, 11) is 0. The third-order valence-electron chi connectivity index (χ3n) is 2.51. The Morgan fingerprint density at radius 1 is 0.875 bits per heavy atom. The summed E-state index contributed by atoms with van der Waals surface area (Å²) in [6, 6.07) is 14.7. The molecule has 0 unspecified atom stereocenters. The average Bonchev–Trinajstić information content (AvgIpc) is 2.45. The van der Waals surface area contributed by atoms with Gasteiger partial charge in [-0.1, -0.05) is 24.3 Å². The number of anilines is 2. The maximum Gasteiger partial charge on any atom is 0.345 e. The van der Waals surface area contributed by atoms with E-state index in [1.807, 2.05) is 36.4 Å². The number of fused-ring (bicyclic) bond motifs is 2. The number of benzene rings is 2. The first-order valence-electron chi connectivity index (χ1n) is 5.02. The van der Waals surface area contributed by atoms with Crippen LogP contribution in [-0.4, -0.2) is 5.97 Å². The third-order valence-corrected chi connectivity index (χ3v) is 2.51. The third kappa shape index (κ3) is 1.34. The van der Waals surface area contributed by atoms with Crippen LogP contribution in [0.3, 0.4) is 0 Å². The molecular weight excluding hydrogens is 202 g/mol. The molecule has 0 amide bonds. The van der Waals surface area contributed by atoms with Crippen molar-refractivity contribution in [3.8, 4) is 5.75 Å². The molecule has 0 radical (unpaired) electrons. The summed E-state index contributed by atoms with van der Waals surface area (Å²) < 4.78 is 5.28. The summed E-state index contributed by atoms with van der Waals surface area (Å²) in [5, 5.41) is 3.19. The highest BCUT2D eigenvalue weighted by Gasteiger charge is 2.19. The molecule has 0 saturated carbocycles. The number of carbonyl (C=O) groups is 1. The van der Waals surface area contributed by atoms with Crippen molar-refractivity contribution < 1.29 is 9.53 Å². The monoisotopic (exact) mass is 211 g/mol. The highest BCUT2D eigenvalue weighted by atomic mass is 16.5. The van der Waals surface area contributed by atoms with Crippen molar-refractivity contribution >= 4 is 17.3 Å². The molecule has 2 aromatic carbocycles. The van der Waals surface area contributed by atoms with Gasteiger partial charge in [0.2, 0.25) is 0 Å². The van der Waals surface area contributed by atoms with E-state index in [0.717, 1.165) is 11.4 Å². The molecule has 3 rings (SSSR count). The Labute approximate surface area is 92.7 Å². The van der Waals surface area contributed by atoms with E-state index < -0.39 is 0 Å². The summed E-state index contributed by atoms with van der Waals surface area (Å²) in [5.74, 6) is 0.233. The summed E-state index contributed by atoms with van der Waals surface area (Å²) in [6.45, 7) is 0. The fourth-order valence-corrected chi connectivity index (χ4v) is 1.73. The van der Waals surface area contributed by atoms with Gasteiger partial charge in [0.05, 0.1) is 16.9 Å². The number of ether oxygens (including phenoxy) is 1. The van der Waals surface area contributed by atoms with E-state index in [1.54, 1.807) is 12.1 Å². The maximum atomic E-state index is 11.8. The number of esters is 1. The molecule has 16 heavy (non-hydrogen) atoms. The molecule has 0 atom stereocenters. The quantitative estimate of drug-likeness (QED) is 0.537. The van der Waals surface area contributed by atoms with Crippen molar-refractivity contribution in [2.45, 2.75) is 0 Å². The smallest absolute Gasteiger partial charge is 0.345 e. The molecule has 2 aromatic rings. The summed E-state index contributed by atoms with van der Waals surface area (Å²) in [5.41, 5.74) is 2.14. The van der Waals surface area contributed by atoms with Crippen molar-refractivity contribution in [3.05, 3.63) is 54.1 Å². The van der Waals surface area contributed by atoms with Crippen LogP contribution < -0.4 is 10.1 Å². The van der Waals surface area contributed by atoms with Crippen LogP contribution in [0.5, 0.6) is 5.75 Å². The molecule has 3 heteroatoms. The van der Waals surface area contributed by atoms with Crippen molar-refractivity contribution in [3.63, 3.8) is 0 Å². The lowest BCUT2D eigenvalue weighted by atomic mass is 10.2. The number of rotatable bonds is 0. The van der Waals surface area contributed by atoms with Crippen LogP contribution in [0.2, 0.25) is 0 Å². The zero-order valence-electron chi connectivity index (χ0n) is 8.44. The molecule has 0 aliphatic carbocycles. The molecule has 0 saturated heterocycles. The largest absolute Gasteiger partial charge is 0.421 e. The number of hydrogen-bond donors (Lipinski definition) is 1. The number of hydrogen-bond acceptors (Lipinski definition) is 3. The first-order valence-corrected chi connectivity index (χ1v) is 5.02. The molecular formula is C13H9NO2. The van der Waals surface area contributed by atoms with Gasteiger partial charge in [-0.05, 0) is 24.3 Å². The van der Waals surface area contributed by atoms with Crippen molar-refractivity contribution in [1.29, 1.82) is 0 Å². The van der Waals surface area contributed by atoms with Gasteiger partial charge in [-0.25, -0.2) is 4.79 Å². The molecule has 1 aliphatic heterocycles. The maximum absolute atomic E-state index is 11.8. The Balaban J connectivity index is 2.18. The minimum absolute atomic E-state index is 0.326. The van der Waals surface area contributed by atoms with Gasteiger partial charge in [0, 0.05) is 0 Å².